The molecule has 0 heterocycles. The van der Waals surface area contributed by atoms with Gasteiger partial charge in [-0.1, -0.05) is 12.1 Å². The minimum absolute atomic E-state index is 0.0794. The van der Waals surface area contributed by atoms with Crippen molar-refractivity contribution in [2.24, 2.45) is 5.92 Å². The van der Waals surface area contributed by atoms with E-state index < -0.39 is 11.9 Å². The van der Waals surface area contributed by atoms with E-state index in [4.69, 9.17) is 5.11 Å². The first-order chi connectivity index (χ1) is 7.00. The van der Waals surface area contributed by atoms with Crippen molar-refractivity contribution in [1.82, 2.24) is 0 Å². The molecule has 0 spiro atoms. The number of benzene rings is 1. The molecule has 0 saturated carbocycles. The van der Waals surface area contributed by atoms with Gasteiger partial charge in [0.2, 0.25) is 0 Å². The molecule has 3 nitrogen and oxygen atoms in total. The summed E-state index contributed by atoms with van der Waals surface area (Å²) < 4.78 is 0. The van der Waals surface area contributed by atoms with Crippen molar-refractivity contribution >= 4 is 11.7 Å². The fraction of sp³-hybridized carbons (Fsp3) is 0.417. The van der Waals surface area contributed by atoms with Gasteiger partial charge >= 0.3 is 5.97 Å². The van der Waals surface area contributed by atoms with Crippen LogP contribution in [0.25, 0.3) is 0 Å². The van der Waals surface area contributed by atoms with Crippen LogP contribution >= 0.6 is 0 Å². The number of anilines is 1. The number of carboxylic acid groups (broad SMARTS) is 1. The Bertz CT molecular complexity index is 349. The Balaban J connectivity index is 2.66. The molecule has 0 aliphatic heterocycles. The van der Waals surface area contributed by atoms with E-state index in [1.54, 1.807) is 6.92 Å². The fourth-order valence-electron chi connectivity index (χ4n) is 1.34. The van der Waals surface area contributed by atoms with Crippen LogP contribution in [-0.4, -0.2) is 17.1 Å². The second-order valence-corrected chi connectivity index (χ2v) is 3.93. The highest BCUT2D eigenvalue weighted by atomic mass is 16.4. The molecule has 2 atom stereocenters. The van der Waals surface area contributed by atoms with E-state index in [9.17, 15) is 4.79 Å². The molecule has 0 fully saturated rings. The lowest BCUT2D eigenvalue weighted by Gasteiger charge is -2.19. The van der Waals surface area contributed by atoms with Crippen LogP contribution in [0.15, 0.2) is 24.3 Å². The molecule has 15 heavy (non-hydrogen) atoms. The Labute approximate surface area is 90.1 Å². The molecule has 0 amide bonds. The average Bonchev–Trinajstić information content (AvgIpc) is 2.16. The molecule has 0 aromatic heterocycles. The summed E-state index contributed by atoms with van der Waals surface area (Å²) in [7, 11) is 0. The Morgan fingerprint density at radius 2 is 2.07 bits per heavy atom. The van der Waals surface area contributed by atoms with Crippen LogP contribution in [0.4, 0.5) is 5.69 Å². The van der Waals surface area contributed by atoms with E-state index in [1.165, 1.54) is 0 Å². The lowest BCUT2D eigenvalue weighted by molar-refractivity contribution is -0.141. The monoisotopic (exact) mass is 207 g/mol. The smallest absolute Gasteiger partial charge is 0.308 e. The van der Waals surface area contributed by atoms with E-state index in [1.807, 2.05) is 38.1 Å². The molecule has 0 saturated heterocycles. The van der Waals surface area contributed by atoms with Gasteiger partial charge in [0.05, 0.1) is 5.92 Å². The van der Waals surface area contributed by atoms with Gasteiger partial charge in [0, 0.05) is 11.7 Å². The lowest BCUT2D eigenvalue weighted by atomic mass is 10.0. The van der Waals surface area contributed by atoms with Crippen LogP contribution in [0.2, 0.25) is 0 Å². The molecule has 0 bridgehead atoms. The van der Waals surface area contributed by atoms with Crippen molar-refractivity contribution in [3.05, 3.63) is 29.8 Å². The fourth-order valence-corrected chi connectivity index (χ4v) is 1.34. The highest BCUT2D eigenvalue weighted by molar-refractivity contribution is 5.71. The Kier molecular flexibility index (Phi) is 3.72. The maximum absolute atomic E-state index is 10.8. The van der Waals surface area contributed by atoms with Gasteiger partial charge in [-0.3, -0.25) is 4.79 Å². The second kappa shape index (κ2) is 4.82. The minimum atomic E-state index is -0.775. The maximum atomic E-state index is 10.8. The summed E-state index contributed by atoms with van der Waals surface area (Å²) >= 11 is 0. The normalized spacial score (nSPS) is 14.3. The number of nitrogens with one attached hydrogen (secondary N) is 1. The summed E-state index contributed by atoms with van der Waals surface area (Å²) in [6, 6.07) is 7.83. The standard InChI is InChI=1S/C12H17NO2/c1-8-5-4-6-11(7-8)13-10(3)9(2)12(14)15/h4-7,9-10,13H,1-3H3,(H,14,15). The van der Waals surface area contributed by atoms with Gasteiger partial charge in [-0.2, -0.15) is 0 Å². The van der Waals surface area contributed by atoms with Crippen LogP contribution in [-0.2, 0) is 4.79 Å². The Morgan fingerprint density at radius 3 is 2.60 bits per heavy atom. The van der Waals surface area contributed by atoms with Gasteiger partial charge in [0.25, 0.3) is 0 Å². The van der Waals surface area contributed by atoms with Crippen molar-refractivity contribution in [1.29, 1.82) is 0 Å². The van der Waals surface area contributed by atoms with Crippen LogP contribution in [0.1, 0.15) is 19.4 Å². The quantitative estimate of drug-likeness (QED) is 0.797. The predicted octanol–water partition coefficient (Wildman–Crippen LogP) is 2.52. The molecular weight excluding hydrogens is 190 g/mol. The van der Waals surface area contributed by atoms with Gasteiger partial charge in [0.1, 0.15) is 0 Å². The highest BCUT2D eigenvalue weighted by Gasteiger charge is 2.18. The lowest BCUT2D eigenvalue weighted by Crippen LogP contribution is -2.29. The topological polar surface area (TPSA) is 49.3 Å². The van der Waals surface area contributed by atoms with E-state index >= 15 is 0 Å². The van der Waals surface area contributed by atoms with Crippen molar-refractivity contribution < 1.29 is 9.90 Å². The minimum Gasteiger partial charge on any atom is -0.481 e. The van der Waals surface area contributed by atoms with Crippen molar-refractivity contribution in [3.8, 4) is 0 Å². The van der Waals surface area contributed by atoms with Crippen LogP contribution in [0.5, 0.6) is 0 Å². The molecule has 3 heteroatoms. The summed E-state index contributed by atoms with van der Waals surface area (Å²) in [5.74, 6) is -1.17. The van der Waals surface area contributed by atoms with Crippen LogP contribution in [0.3, 0.4) is 0 Å². The summed E-state index contributed by atoms with van der Waals surface area (Å²) in [6.45, 7) is 5.59. The second-order valence-electron chi connectivity index (χ2n) is 3.93. The molecule has 1 aromatic carbocycles. The van der Waals surface area contributed by atoms with E-state index in [-0.39, 0.29) is 6.04 Å². The molecule has 2 unspecified atom stereocenters. The summed E-state index contributed by atoms with van der Waals surface area (Å²) in [4.78, 5) is 10.8. The summed E-state index contributed by atoms with van der Waals surface area (Å²) in [5, 5.41) is 12.0. The number of carboxylic acids is 1. The zero-order valence-corrected chi connectivity index (χ0v) is 9.32. The first-order valence-electron chi connectivity index (χ1n) is 5.06. The number of hydrogen-bond acceptors (Lipinski definition) is 2. The number of aliphatic carboxylic acids is 1. The van der Waals surface area contributed by atoms with Crippen molar-refractivity contribution in [3.63, 3.8) is 0 Å². The van der Waals surface area contributed by atoms with Gasteiger partial charge in [-0.15, -0.1) is 0 Å². The maximum Gasteiger partial charge on any atom is 0.308 e. The van der Waals surface area contributed by atoms with Gasteiger partial charge in [-0.05, 0) is 38.5 Å². The zero-order chi connectivity index (χ0) is 11.4. The van der Waals surface area contributed by atoms with Gasteiger partial charge < -0.3 is 10.4 Å². The highest BCUT2D eigenvalue weighted by Crippen LogP contribution is 2.14. The number of hydrogen-bond donors (Lipinski definition) is 2. The molecule has 1 aromatic rings. The van der Waals surface area contributed by atoms with Gasteiger partial charge in [-0.25, -0.2) is 0 Å². The third-order valence-electron chi connectivity index (χ3n) is 2.55. The molecule has 1 rings (SSSR count). The van der Waals surface area contributed by atoms with E-state index in [2.05, 4.69) is 5.32 Å². The largest absolute Gasteiger partial charge is 0.481 e. The van der Waals surface area contributed by atoms with Crippen LogP contribution in [0, 0.1) is 12.8 Å². The molecule has 0 aliphatic carbocycles. The van der Waals surface area contributed by atoms with Gasteiger partial charge in [0.15, 0.2) is 0 Å². The molecular formula is C12H17NO2. The first-order valence-corrected chi connectivity index (χ1v) is 5.06. The number of rotatable bonds is 4. The summed E-state index contributed by atoms with van der Waals surface area (Å²) in [6.07, 6.45) is 0. The number of carbonyl (C=O) groups is 1. The molecule has 82 valence electrons. The summed E-state index contributed by atoms with van der Waals surface area (Å²) in [5.41, 5.74) is 2.13. The first kappa shape index (κ1) is 11.6. The Morgan fingerprint density at radius 1 is 1.40 bits per heavy atom. The molecule has 0 aliphatic rings. The SMILES string of the molecule is Cc1cccc(NC(C)C(C)C(=O)O)c1. The van der Waals surface area contributed by atoms with Crippen molar-refractivity contribution in [2.45, 2.75) is 26.8 Å². The molecule has 0 radical (unpaired) electrons. The van der Waals surface area contributed by atoms with E-state index in [0.29, 0.717) is 0 Å². The third-order valence-corrected chi connectivity index (χ3v) is 2.55. The third kappa shape index (κ3) is 3.27. The van der Waals surface area contributed by atoms with Crippen LogP contribution < -0.4 is 5.32 Å². The Hall–Kier alpha value is -1.51. The number of aryl methyl sites for hydroxylation is 1. The van der Waals surface area contributed by atoms with E-state index in [0.717, 1.165) is 11.3 Å². The molecule has 2 N–H and O–H groups in total. The zero-order valence-electron chi connectivity index (χ0n) is 9.32. The predicted molar refractivity (Wildman–Crippen MR) is 61.1 cm³/mol. The average molecular weight is 207 g/mol. The van der Waals surface area contributed by atoms with Crippen molar-refractivity contribution in [2.75, 3.05) is 5.32 Å².